The van der Waals surface area contributed by atoms with E-state index >= 15 is 0 Å². The van der Waals surface area contributed by atoms with Crippen molar-refractivity contribution in [3.8, 4) is 5.88 Å². The lowest BCUT2D eigenvalue weighted by atomic mass is 9.94. The number of ether oxygens (including phenoxy) is 1. The summed E-state index contributed by atoms with van der Waals surface area (Å²) in [6.45, 7) is 2.74. The van der Waals surface area contributed by atoms with Gasteiger partial charge < -0.3 is 15.2 Å². The van der Waals surface area contributed by atoms with Crippen molar-refractivity contribution in [2.45, 2.75) is 51.0 Å². The minimum absolute atomic E-state index is 0.205. The highest BCUT2D eigenvalue weighted by atomic mass is 16.5. The van der Waals surface area contributed by atoms with Gasteiger partial charge in [0.2, 0.25) is 5.88 Å². The van der Waals surface area contributed by atoms with Crippen LogP contribution in [0.5, 0.6) is 5.88 Å². The molecule has 1 aromatic rings. The predicted octanol–water partition coefficient (Wildman–Crippen LogP) is 2.30. The van der Waals surface area contributed by atoms with Crippen LogP contribution in [0.1, 0.15) is 55.8 Å². The molecule has 2 rings (SSSR count). The zero-order valence-corrected chi connectivity index (χ0v) is 12.6. The number of rotatable bonds is 5. The molecule has 2 N–H and O–H groups in total. The Balaban J connectivity index is 1.88. The van der Waals surface area contributed by atoms with Crippen LogP contribution in [-0.4, -0.2) is 34.8 Å². The minimum Gasteiger partial charge on any atom is -0.478 e. The lowest BCUT2D eigenvalue weighted by Gasteiger charge is -2.26. The van der Waals surface area contributed by atoms with E-state index in [2.05, 4.69) is 10.3 Å². The molecule has 0 bridgehead atoms. The molecule has 0 spiro atoms. The van der Waals surface area contributed by atoms with Crippen molar-refractivity contribution in [3.05, 3.63) is 23.9 Å². The molecule has 5 heteroatoms. The average molecular weight is 292 g/mol. The van der Waals surface area contributed by atoms with Crippen LogP contribution in [0.3, 0.4) is 0 Å². The monoisotopic (exact) mass is 292 g/mol. The molecule has 1 aromatic heterocycles. The van der Waals surface area contributed by atoms with E-state index in [4.69, 9.17) is 4.74 Å². The summed E-state index contributed by atoms with van der Waals surface area (Å²) >= 11 is 0. The summed E-state index contributed by atoms with van der Waals surface area (Å²) < 4.78 is 5.24. The summed E-state index contributed by atoms with van der Waals surface area (Å²) in [7, 11) is 0. The standard InChI is InChI=1S/C16H24N2O3/c1-2-21-14-8-7-13(11-17-14)15(19)18-12-16(20)9-5-3-4-6-10-16/h7-8,11,20H,2-6,9-10,12H2,1H3,(H,18,19). The molecule has 1 aliphatic rings. The first-order valence-electron chi connectivity index (χ1n) is 7.72. The third kappa shape index (κ3) is 4.70. The summed E-state index contributed by atoms with van der Waals surface area (Å²) in [6.07, 6.45) is 7.40. The van der Waals surface area contributed by atoms with E-state index in [9.17, 15) is 9.90 Å². The maximum Gasteiger partial charge on any atom is 0.252 e. The van der Waals surface area contributed by atoms with E-state index in [0.29, 0.717) is 24.6 Å². The van der Waals surface area contributed by atoms with E-state index in [1.54, 1.807) is 12.1 Å². The van der Waals surface area contributed by atoms with E-state index in [1.807, 2.05) is 6.92 Å². The Hall–Kier alpha value is -1.62. The number of nitrogens with one attached hydrogen (secondary N) is 1. The van der Waals surface area contributed by atoms with Gasteiger partial charge in [0.05, 0.1) is 17.8 Å². The van der Waals surface area contributed by atoms with Crippen molar-refractivity contribution < 1.29 is 14.6 Å². The fraction of sp³-hybridized carbons (Fsp3) is 0.625. The van der Waals surface area contributed by atoms with Gasteiger partial charge in [-0.3, -0.25) is 4.79 Å². The van der Waals surface area contributed by atoms with E-state index in [-0.39, 0.29) is 5.91 Å². The Morgan fingerprint density at radius 1 is 1.33 bits per heavy atom. The Labute approximate surface area is 125 Å². The van der Waals surface area contributed by atoms with Gasteiger partial charge >= 0.3 is 0 Å². The van der Waals surface area contributed by atoms with E-state index in [0.717, 1.165) is 25.7 Å². The molecule has 116 valence electrons. The molecule has 1 saturated carbocycles. The highest BCUT2D eigenvalue weighted by Crippen LogP contribution is 2.26. The molecule has 0 saturated heterocycles. The second-order valence-corrected chi connectivity index (χ2v) is 5.64. The van der Waals surface area contributed by atoms with Crippen molar-refractivity contribution in [1.82, 2.24) is 10.3 Å². The SMILES string of the molecule is CCOc1ccc(C(=O)NCC2(O)CCCCCC2)cn1. The number of hydrogen-bond acceptors (Lipinski definition) is 4. The van der Waals surface area contributed by atoms with Gasteiger partial charge in [-0.15, -0.1) is 0 Å². The van der Waals surface area contributed by atoms with Gasteiger partial charge in [-0.05, 0) is 25.8 Å². The number of hydrogen-bond donors (Lipinski definition) is 2. The summed E-state index contributed by atoms with van der Waals surface area (Å²) in [4.78, 5) is 16.2. The molecule has 1 amide bonds. The molecule has 5 nitrogen and oxygen atoms in total. The van der Waals surface area contributed by atoms with E-state index < -0.39 is 5.60 Å². The minimum atomic E-state index is -0.759. The predicted molar refractivity (Wildman–Crippen MR) is 80.4 cm³/mol. The number of nitrogens with zero attached hydrogens (tertiary/aromatic N) is 1. The van der Waals surface area contributed by atoms with Crippen molar-refractivity contribution in [2.75, 3.05) is 13.2 Å². The third-order valence-corrected chi connectivity index (χ3v) is 3.90. The van der Waals surface area contributed by atoms with Gasteiger partial charge in [0.1, 0.15) is 0 Å². The van der Waals surface area contributed by atoms with Crippen molar-refractivity contribution in [1.29, 1.82) is 0 Å². The smallest absolute Gasteiger partial charge is 0.252 e. The highest BCUT2D eigenvalue weighted by molar-refractivity contribution is 5.93. The second kappa shape index (κ2) is 7.41. The number of carbonyl (C=O) groups excluding carboxylic acids is 1. The van der Waals surface area contributed by atoms with Crippen LogP contribution < -0.4 is 10.1 Å². The molecular formula is C16H24N2O3. The van der Waals surface area contributed by atoms with Crippen molar-refractivity contribution in [2.24, 2.45) is 0 Å². The highest BCUT2D eigenvalue weighted by Gasteiger charge is 2.28. The number of amides is 1. The maximum absolute atomic E-state index is 12.1. The van der Waals surface area contributed by atoms with Crippen LogP contribution in [0, 0.1) is 0 Å². The summed E-state index contributed by atoms with van der Waals surface area (Å²) in [5.41, 5.74) is -0.277. The van der Waals surface area contributed by atoms with Crippen molar-refractivity contribution in [3.63, 3.8) is 0 Å². The molecule has 0 atom stereocenters. The zero-order chi connectivity index (χ0) is 15.1. The van der Waals surface area contributed by atoms with Gasteiger partial charge in [0, 0.05) is 18.8 Å². The molecule has 0 radical (unpaired) electrons. The normalized spacial score (nSPS) is 17.8. The van der Waals surface area contributed by atoms with Gasteiger partial charge in [-0.25, -0.2) is 4.98 Å². The maximum atomic E-state index is 12.1. The summed E-state index contributed by atoms with van der Waals surface area (Å²) in [6, 6.07) is 3.36. The van der Waals surface area contributed by atoms with Crippen molar-refractivity contribution >= 4 is 5.91 Å². The number of aromatic nitrogens is 1. The largest absolute Gasteiger partial charge is 0.478 e. The summed E-state index contributed by atoms with van der Waals surface area (Å²) in [5.74, 6) is 0.305. The summed E-state index contributed by atoms with van der Waals surface area (Å²) in [5, 5.41) is 13.3. The third-order valence-electron chi connectivity index (χ3n) is 3.90. The molecular weight excluding hydrogens is 268 g/mol. The van der Waals surface area contributed by atoms with Gasteiger partial charge in [-0.1, -0.05) is 25.7 Å². The Bertz CT molecular complexity index is 451. The fourth-order valence-corrected chi connectivity index (χ4v) is 2.66. The Morgan fingerprint density at radius 2 is 2.05 bits per heavy atom. The van der Waals surface area contributed by atoms with Gasteiger partial charge in [0.15, 0.2) is 0 Å². The van der Waals surface area contributed by atoms with Gasteiger partial charge in [0.25, 0.3) is 5.91 Å². The van der Waals surface area contributed by atoms with Crippen LogP contribution in [0.25, 0.3) is 0 Å². The first-order chi connectivity index (χ1) is 10.1. The van der Waals surface area contributed by atoms with E-state index in [1.165, 1.54) is 19.0 Å². The lowest BCUT2D eigenvalue weighted by molar-refractivity contribution is 0.0246. The number of pyridine rings is 1. The molecule has 1 fully saturated rings. The molecule has 1 aliphatic carbocycles. The molecule has 0 aliphatic heterocycles. The van der Waals surface area contributed by atoms with Crippen LogP contribution in [-0.2, 0) is 0 Å². The Morgan fingerprint density at radius 3 is 2.62 bits per heavy atom. The molecule has 0 aromatic carbocycles. The topological polar surface area (TPSA) is 71.5 Å². The number of aliphatic hydroxyl groups is 1. The first kappa shape index (κ1) is 15.8. The first-order valence-corrected chi connectivity index (χ1v) is 7.72. The lowest BCUT2D eigenvalue weighted by Crippen LogP contribution is -2.42. The average Bonchev–Trinajstić information content (AvgIpc) is 2.71. The zero-order valence-electron chi connectivity index (χ0n) is 12.6. The molecule has 1 heterocycles. The van der Waals surface area contributed by atoms with Crippen LogP contribution in [0.15, 0.2) is 18.3 Å². The van der Waals surface area contributed by atoms with Gasteiger partial charge in [-0.2, -0.15) is 0 Å². The van der Waals surface area contributed by atoms with Crippen LogP contribution in [0.4, 0.5) is 0 Å². The van der Waals surface area contributed by atoms with Crippen LogP contribution >= 0.6 is 0 Å². The van der Waals surface area contributed by atoms with Crippen LogP contribution in [0.2, 0.25) is 0 Å². The second-order valence-electron chi connectivity index (χ2n) is 5.64. The molecule has 21 heavy (non-hydrogen) atoms. The quantitative estimate of drug-likeness (QED) is 0.817. The number of carbonyl (C=O) groups is 1. The molecule has 0 unspecified atom stereocenters. The Kier molecular flexibility index (Phi) is 5.56. The fourth-order valence-electron chi connectivity index (χ4n) is 2.66.